The van der Waals surface area contributed by atoms with Gasteiger partial charge in [-0.1, -0.05) is 19.1 Å². The van der Waals surface area contributed by atoms with Crippen molar-refractivity contribution in [3.05, 3.63) is 34.2 Å². The van der Waals surface area contributed by atoms with Crippen molar-refractivity contribution in [2.24, 2.45) is 0 Å². The van der Waals surface area contributed by atoms with E-state index in [0.29, 0.717) is 5.75 Å². The van der Waals surface area contributed by atoms with E-state index in [1.165, 1.54) is 4.88 Å². The van der Waals surface area contributed by atoms with Crippen LogP contribution < -0.4 is 0 Å². The fourth-order valence-electron chi connectivity index (χ4n) is 1.59. The molecule has 0 bridgehead atoms. The van der Waals surface area contributed by atoms with Crippen LogP contribution in [0.3, 0.4) is 0 Å². The number of para-hydroxylation sites is 1. The molecule has 15 heavy (non-hydrogen) atoms. The van der Waals surface area contributed by atoms with Gasteiger partial charge in [0.1, 0.15) is 5.75 Å². The van der Waals surface area contributed by atoms with E-state index in [1.54, 1.807) is 17.4 Å². The van der Waals surface area contributed by atoms with Gasteiger partial charge in [0, 0.05) is 10.4 Å². The Kier molecular flexibility index (Phi) is 2.73. The molecule has 0 aliphatic carbocycles. The summed E-state index contributed by atoms with van der Waals surface area (Å²) in [4.78, 5) is 5.70. The molecule has 0 fully saturated rings. The Balaban J connectivity index is 2.58. The van der Waals surface area contributed by atoms with Crippen LogP contribution in [0.25, 0.3) is 11.3 Å². The number of phenolic OH excluding ortho intramolecular Hbond substituents is 1. The number of thiazole rings is 1. The fourth-order valence-corrected chi connectivity index (χ4v) is 2.48. The normalized spacial score (nSPS) is 10.5. The number of hydrogen-bond acceptors (Lipinski definition) is 3. The number of nitrogens with zero attached hydrogens (tertiary/aromatic N) is 1. The number of aromatic hydroxyl groups is 1. The Bertz CT molecular complexity index is 476. The van der Waals surface area contributed by atoms with Crippen molar-refractivity contribution >= 4 is 11.3 Å². The molecule has 0 saturated carbocycles. The first-order valence-corrected chi connectivity index (χ1v) is 5.78. The topological polar surface area (TPSA) is 33.1 Å². The molecular formula is C12H13NOS. The van der Waals surface area contributed by atoms with Crippen LogP contribution in [0.5, 0.6) is 5.75 Å². The first-order chi connectivity index (χ1) is 7.22. The summed E-state index contributed by atoms with van der Waals surface area (Å²) >= 11 is 1.70. The molecule has 1 aromatic carbocycles. The van der Waals surface area contributed by atoms with Gasteiger partial charge in [-0.05, 0) is 25.5 Å². The molecule has 1 aromatic heterocycles. The van der Waals surface area contributed by atoms with E-state index in [0.717, 1.165) is 22.7 Å². The van der Waals surface area contributed by atoms with E-state index in [-0.39, 0.29) is 0 Å². The Labute approximate surface area is 93.2 Å². The molecule has 1 N–H and O–H groups in total. The van der Waals surface area contributed by atoms with Crippen LogP contribution in [0.1, 0.15) is 16.8 Å². The Hall–Kier alpha value is -1.35. The minimum absolute atomic E-state index is 0.303. The summed E-state index contributed by atoms with van der Waals surface area (Å²) in [6.07, 6.45) is 0.954. The minimum Gasteiger partial charge on any atom is -0.507 e. The van der Waals surface area contributed by atoms with Gasteiger partial charge in [-0.15, -0.1) is 11.3 Å². The molecule has 2 rings (SSSR count). The zero-order valence-electron chi connectivity index (χ0n) is 8.82. The lowest BCUT2D eigenvalue weighted by Crippen LogP contribution is -1.84. The molecule has 2 nitrogen and oxygen atoms in total. The van der Waals surface area contributed by atoms with E-state index in [2.05, 4.69) is 11.9 Å². The van der Waals surface area contributed by atoms with Gasteiger partial charge in [0.05, 0.1) is 10.7 Å². The van der Waals surface area contributed by atoms with E-state index in [1.807, 2.05) is 25.1 Å². The van der Waals surface area contributed by atoms with Gasteiger partial charge in [-0.3, -0.25) is 0 Å². The number of aromatic nitrogens is 1. The molecule has 0 radical (unpaired) electrons. The largest absolute Gasteiger partial charge is 0.507 e. The van der Waals surface area contributed by atoms with Crippen molar-refractivity contribution in [1.29, 1.82) is 0 Å². The molecule has 0 amide bonds. The van der Waals surface area contributed by atoms with Crippen molar-refractivity contribution in [2.45, 2.75) is 20.3 Å². The van der Waals surface area contributed by atoms with Crippen molar-refractivity contribution in [3.63, 3.8) is 0 Å². The maximum atomic E-state index is 9.76. The Morgan fingerprint density at radius 1 is 1.33 bits per heavy atom. The molecule has 0 aliphatic rings. The maximum Gasteiger partial charge on any atom is 0.125 e. The number of phenols is 1. The van der Waals surface area contributed by atoms with Gasteiger partial charge in [0.25, 0.3) is 0 Å². The predicted octanol–water partition coefficient (Wildman–Crippen LogP) is 3.39. The lowest BCUT2D eigenvalue weighted by Gasteiger charge is -2.02. The maximum absolute atomic E-state index is 9.76. The van der Waals surface area contributed by atoms with Crippen molar-refractivity contribution in [3.8, 4) is 17.0 Å². The van der Waals surface area contributed by atoms with Gasteiger partial charge in [-0.25, -0.2) is 4.98 Å². The van der Waals surface area contributed by atoms with Crippen LogP contribution in [0.4, 0.5) is 0 Å². The first-order valence-electron chi connectivity index (χ1n) is 4.97. The third-order valence-electron chi connectivity index (χ3n) is 2.28. The van der Waals surface area contributed by atoms with Gasteiger partial charge in [0.2, 0.25) is 0 Å². The summed E-state index contributed by atoms with van der Waals surface area (Å²) in [5.74, 6) is 0.303. The molecule has 0 spiro atoms. The van der Waals surface area contributed by atoms with E-state index in [4.69, 9.17) is 0 Å². The molecule has 0 atom stereocenters. The van der Waals surface area contributed by atoms with Gasteiger partial charge < -0.3 is 5.11 Å². The van der Waals surface area contributed by atoms with Crippen LogP contribution in [-0.4, -0.2) is 10.1 Å². The smallest absolute Gasteiger partial charge is 0.125 e. The summed E-state index contributed by atoms with van der Waals surface area (Å²) in [6.45, 7) is 4.10. The van der Waals surface area contributed by atoms with E-state index in [9.17, 15) is 5.11 Å². The third-order valence-corrected chi connectivity index (χ3v) is 3.40. The predicted molar refractivity (Wildman–Crippen MR) is 63.3 cm³/mol. The lowest BCUT2D eigenvalue weighted by atomic mass is 10.1. The summed E-state index contributed by atoms with van der Waals surface area (Å²) in [6, 6.07) is 7.35. The highest BCUT2D eigenvalue weighted by molar-refractivity contribution is 7.12. The second-order valence-electron chi connectivity index (χ2n) is 3.38. The number of aryl methyl sites for hydroxylation is 2. The minimum atomic E-state index is 0.303. The monoisotopic (exact) mass is 219 g/mol. The summed E-state index contributed by atoms with van der Waals surface area (Å²) < 4.78 is 0. The zero-order chi connectivity index (χ0) is 10.8. The highest BCUT2D eigenvalue weighted by atomic mass is 32.1. The molecule has 3 heteroatoms. The summed E-state index contributed by atoms with van der Waals surface area (Å²) in [5, 5.41) is 10.8. The number of rotatable bonds is 2. The van der Waals surface area contributed by atoms with Crippen LogP contribution >= 0.6 is 11.3 Å². The molecule has 78 valence electrons. The van der Waals surface area contributed by atoms with Crippen molar-refractivity contribution in [1.82, 2.24) is 4.98 Å². The average molecular weight is 219 g/mol. The van der Waals surface area contributed by atoms with E-state index >= 15 is 0 Å². The highest BCUT2D eigenvalue weighted by Crippen LogP contribution is 2.33. The van der Waals surface area contributed by atoms with Gasteiger partial charge >= 0.3 is 0 Å². The SMILES string of the molecule is CCc1sc(C)nc1-c1ccccc1O. The third kappa shape index (κ3) is 1.88. The number of benzene rings is 1. The molecule has 2 aromatic rings. The quantitative estimate of drug-likeness (QED) is 0.839. The average Bonchev–Trinajstić information content (AvgIpc) is 2.60. The summed E-state index contributed by atoms with van der Waals surface area (Å²) in [5.41, 5.74) is 1.76. The van der Waals surface area contributed by atoms with Gasteiger partial charge in [0.15, 0.2) is 0 Å². The fraction of sp³-hybridized carbons (Fsp3) is 0.250. The summed E-state index contributed by atoms with van der Waals surface area (Å²) in [7, 11) is 0. The van der Waals surface area contributed by atoms with Crippen LogP contribution in [0.15, 0.2) is 24.3 Å². The number of hydrogen-bond donors (Lipinski definition) is 1. The molecule has 0 unspecified atom stereocenters. The molecule has 1 heterocycles. The zero-order valence-corrected chi connectivity index (χ0v) is 9.64. The Morgan fingerprint density at radius 3 is 2.73 bits per heavy atom. The highest BCUT2D eigenvalue weighted by Gasteiger charge is 2.12. The van der Waals surface area contributed by atoms with Gasteiger partial charge in [-0.2, -0.15) is 0 Å². The van der Waals surface area contributed by atoms with Crippen molar-refractivity contribution in [2.75, 3.05) is 0 Å². The van der Waals surface area contributed by atoms with E-state index < -0.39 is 0 Å². The Morgan fingerprint density at radius 2 is 2.07 bits per heavy atom. The standard InChI is InChI=1S/C12H13NOS/c1-3-11-12(13-8(2)15-11)9-6-4-5-7-10(9)14/h4-7,14H,3H2,1-2H3. The van der Waals surface area contributed by atoms with Crippen LogP contribution in [0.2, 0.25) is 0 Å². The second kappa shape index (κ2) is 4.03. The van der Waals surface area contributed by atoms with Crippen LogP contribution in [-0.2, 0) is 6.42 Å². The molecule has 0 saturated heterocycles. The molecular weight excluding hydrogens is 206 g/mol. The van der Waals surface area contributed by atoms with Crippen LogP contribution in [0, 0.1) is 6.92 Å². The lowest BCUT2D eigenvalue weighted by molar-refractivity contribution is 0.477. The molecule has 0 aliphatic heterocycles. The first kappa shape index (κ1) is 10.2. The second-order valence-corrected chi connectivity index (χ2v) is 4.66. The van der Waals surface area contributed by atoms with Crippen molar-refractivity contribution < 1.29 is 5.11 Å².